The van der Waals surface area contributed by atoms with Crippen LogP contribution in [0.15, 0.2) is 0 Å². The van der Waals surface area contributed by atoms with Crippen molar-refractivity contribution in [1.82, 2.24) is 10.6 Å². The second-order valence-electron chi connectivity index (χ2n) is 3.98. The first-order chi connectivity index (χ1) is 7.32. The molecule has 0 aromatic rings. The van der Waals surface area contributed by atoms with Crippen molar-refractivity contribution in [2.24, 2.45) is 0 Å². The Morgan fingerprint density at radius 3 is 2.50 bits per heavy atom. The van der Waals surface area contributed by atoms with Crippen LogP contribution in [0, 0.1) is 0 Å². The van der Waals surface area contributed by atoms with Gasteiger partial charge in [-0.15, -0.1) is 0 Å². The number of hydrogen-bond acceptors (Lipinski definition) is 4. The highest BCUT2D eigenvalue weighted by Gasteiger charge is 2.20. The van der Waals surface area contributed by atoms with E-state index >= 15 is 0 Å². The lowest BCUT2D eigenvalue weighted by atomic mass is 10.1. The molecule has 0 aliphatic carbocycles. The first kappa shape index (κ1) is 15.2. The Labute approximate surface area is 97.5 Å². The molecule has 0 aliphatic heterocycles. The molecule has 3 N–H and O–H groups in total. The molecule has 0 radical (unpaired) electrons. The summed E-state index contributed by atoms with van der Waals surface area (Å²) < 4.78 is 19.6. The van der Waals surface area contributed by atoms with E-state index in [1.165, 1.54) is 0 Å². The van der Waals surface area contributed by atoms with Gasteiger partial charge in [-0.3, -0.25) is 4.79 Å². The van der Waals surface area contributed by atoms with Crippen molar-refractivity contribution in [3.05, 3.63) is 0 Å². The van der Waals surface area contributed by atoms with Crippen LogP contribution in [0.2, 0.25) is 0 Å². The highest BCUT2D eigenvalue weighted by atomic mass is 32.2. The Kier molecular flexibility index (Phi) is 6.39. The average Bonchev–Trinajstić information content (AvgIpc) is 2.17. The fourth-order valence-corrected chi connectivity index (χ4v) is 1.58. The third kappa shape index (κ3) is 5.94. The lowest BCUT2D eigenvalue weighted by molar-refractivity contribution is -0.126. The van der Waals surface area contributed by atoms with Crippen LogP contribution in [0.3, 0.4) is 0 Å². The van der Waals surface area contributed by atoms with Crippen LogP contribution in [0.4, 0.5) is 0 Å². The van der Waals surface area contributed by atoms with Crippen LogP contribution in [0.5, 0.6) is 0 Å². The Bertz CT molecular complexity index is 281. The second kappa shape index (κ2) is 6.72. The van der Waals surface area contributed by atoms with Gasteiger partial charge >= 0.3 is 0 Å². The summed E-state index contributed by atoms with van der Waals surface area (Å²) in [6.07, 6.45) is 0.972. The van der Waals surface area contributed by atoms with Gasteiger partial charge in [0.1, 0.15) is 11.7 Å². The first-order valence-electron chi connectivity index (χ1n) is 4.86. The second-order valence-corrected chi connectivity index (χ2v) is 5.10. The van der Waals surface area contributed by atoms with Crippen molar-refractivity contribution >= 4 is 23.3 Å². The number of amides is 1. The van der Waals surface area contributed by atoms with Gasteiger partial charge in [0, 0.05) is 6.42 Å². The fourth-order valence-electron chi connectivity index (χ4n) is 1.06. The zero-order chi connectivity index (χ0) is 12.8. The number of hydrogen-bond donors (Lipinski definition) is 3. The van der Waals surface area contributed by atoms with Crippen LogP contribution in [-0.4, -0.2) is 38.9 Å². The van der Waals surface area contributed by atoms with Crippen LogP contribution in [-0.2, 0) is 20.7 Å². The summed E-state index contributed by atoms with van der Waals surface area (Å²) in [4.78, 5) is 21.9. The van der Waals surface area contributed by atoms with Crippen LogP contribution in [0.1, 0.15) is 26.7 Å². The quantitative estimate of drug-likeness (QED) is 0.423. The summed E-state index contributed by atoms with van der Waals surface area (Å²) in [5, 5.41) is 4.51. The van der Waals surface area contributed by atoms with Crippen molar-refractivity contribution in [2.75, 3.05) is 7.05 Å². The Hall–Kier alpha value is -0.790. The van der Waals surface area contributed by atoms with Crippen molar-refractivity contribution in [1.29, 1.82) is 0 Å². The van der Waals surface area contributed by atoms with E-state index in [0.29, 0.717) is 6.29 Å². The molecule has 0 bridgehead atoms. The van der Waals surface area contributed by atoms with E-state index in [1.807, 2.05) is 0 Å². The molecule has 7 heteroatoms. The molecule has 94 valence electrons. The molecule has 0 spiro atoms. The van der Waals surface area contributed by atoms with Gasteiger partial charge in [0.05, 0.1) is 5.54 Å². The molecule has 0 aromatic heterocycles. The van der Waals surface area contributed by atoms with Crippen molar-refractivity contribution < 1.29 is 18.4 Å². The largest absolute Gasteiger partial charge is 0.344 e. The molecule has 1 amide bonds. The van der Waals surface area contributed by atoms with Crippen molar-refractivity contribution in [3.8, 4) is 0 Å². The standard InChI is InChI=1S/C9H18N2O4S/c1-9(2,6-12)11-7(13)4-5-8(10-3)16(14)15/h6,8,10H,4-5H2,1-3H3,(H,11,13)(H,14,15). The van der Waals surface area contributed by atoms with E-state index in [0.717, 1.165) is 0 Å². The number of aldehydes is 1. The van der Waals surface area contributed by atoms with Crippen molar-refractivity contribution in [2.45, 2.75) is 37.6 Å². The van der Waals surface area contributed by atoms with Gasteiger partial charge in [-0.2, -0.15) is 0 Å². The number of nitrogens with one attached hydrogen (secondary N) is 2. The maximum Gasteiger partial charge on any atom is 0.220 e. The molecule has 0 aliphatic rings. The SMILES string of the molecule is CNC(CCC(=O)NC(C)(C)C=O)S(=O)O. The monoisotopic (exact) mass is 250 g/mol. The lowest BCUT2D eigenvalue weighted by Crippen LogP contribution is -2.45. The minimum atomic E-state index is -2.01. The van der Waals surface area contributed by atoms with Crippen LogP contribution < -0.4 is 10.6 Å². The van der Waals surface area contributed by atoms with E-state index < -0.39 is 22.0 Å². The van der Waals surface area contributed by atoms with E-state index in [9.17, 15) is 13.8 Å². The molecular weight excluding hydrogens is 232 g/mol. The predicted octanol–water partition coefficient (Wildman–Crippen LogP) is -0.372. The minimum Gasteiger partial charge on any atom is -0.344 e. The number of carbonyl (C=O) groups excluding carboxylic acids is 2. The number of rotatable bonds is 7. The summed E-state index contributed by atoms with van der Waals surface area (Å²) in [5.41, 5.74) is -0.898. The highest BCUT2D eigenvalue weighted by molar-refractivity contribution is 7.79. The normalized spacial score (nSPS) is 15.2. The van der Waals surface area contributed by atoms with Crippen LogP contribution in [0.25, 0.3) is 0 Å². The predicted molar refractivity (Wildman–Crippen MR) is 61.1 cm³/mol. The summed E-state index contributed by atoms with van der Waals surface area (Å²) in [7, 11) is 1.55. The molecule has 6 nitrogen and oxygen atoms in total. The van der Waals surface area contributed by atoms with Gasteiger partial charge in [0.25, 0.3) is 0 Å². The molecule has 0 rings (SSSR count). The number of carbonyl (C=O) groups is 2. The van der Waals surface area contributed by atoms with Gasteiger partial charge in [-0.25, -0.2) is 4.21 Å². The summed E-state index contributed by atoms with van der Waals surface area (Å²) in [5.74, 6) is -0.317. The maximum absolute atomic E-state index is 11.4. The molecule has 16 heavy (non-hydrogen) atoms. The Morgan fingerprint density at radius 1 is 1.56 bits per heavy atom. The van der Waals surface area contributed by atoms with Gasteiger partial charge in [0.2, 0.25) is 5.91 Å². The average molecular weight is 250 g/mol. The Morgan fingerprint density at radius 2 is 2.12 bits per heavy atom. The summed E-state index contributed by atoms with van der Waals surface area (Å²) in [6.45, 7) is 3.16. The van der Waals surface area contributed by atoms with Gasteiger partial charge in [-0.05, 0) is 27.3 Å². The molecule has 2 unspecified atom stereocenters. The molecule has 0 aromatic carbocycles. The third-order valence-corrected chi connectivity index (χ3v) is 2.91. The molecule has 0 saturated heterocycles. The van der Waals surface area contributed by atoms with E-state index in [-0.39, 0.29) is 18.7 Å². The van der Waals surface area contributed by atoms with Gasteiger partial charge in [0.15, 0.2) is 11.1 Å². The fraction of sp³-hybridized carbons (Fsp3) is 0.778. The van der Waals surface area contributed by atoms with E-state index in [1.54, 1.807) is 20.9 Å². The molecular formula is C9H18N2O4S. The van der Waals surface area contributed by atoms with Gasteiger partial charge in [-0.1, -0.05) is 0 Å². The topological polar surface area (TPSA) is 95.5 Å². The van der Waals surface area contributed by atoms with E-state index in [2.05, 4.69) is 10.6 Å². The summed E-state index contributed by atoms with van der Waals surface area (Å²) in [6, 6.07) is 0. The molecule has 2 atom stereocenters. The Balaban J connectivity index is 4.07. The first-order valence-corrected chi connectivity index (χ1v) is 6.03. The third-order valence-electron chi connectivity index (χ3n) is 1.96. The molecule has 0 saturated carbocycles. The van der Waals surface area contributed by atoms with Crippen LogP contribution >= 0.6 is 0 Å². The lowest BCUT2D eigenvalue weighted by Gasteiger charge is -2.19. The summed E-state index contributed by atoms with van der Waals surface area (Å²) >= 11 is -2.01. The zero-order valence-corrected chi connectivity index (χ0v) is 10.5. The molecule has 0 heterocycles. The van der Waals surface area contributed by atoms with Crippen molar-refractivity contribution in [3.63, 3.8) is 0 Å². The smallest absolute Gasteiger partial charge is 0.220 e. The highest BCUT2D eigenvalue weighted by Crippen LogP contribution is 2.03. The minimum absolute atomic E-state index is 0.0923. The maximum atomic E-state index is 11.4. The molecule has 0 fully saturated rings. The van der Waals surface area contributed by atoms with Gasteiger partial charge < -0.3 is 20.0 Å². The zero-order valence-electron chi connectivity index (χ0n) is 9.65. The van der Waals surface area contributed by atoms with E-state index in [4.69, 9.17) is 4.55 Å².